The topological polar surface area (TPSA) is 294 Å². The maximum absolute atomic E-state index is 13.2. The van der Waals surface area contributed by atoms with Crippen LogP contribution in [0.15, 0.2) is 109 Å². The summed E-state index contributed by atoms with van der Waals surface area (Å²) >= 11 is 0. The van der Waals surface area contributed by atoms with Gasteiger partial charge in [0.2, 0.25) is 0 Å². The van der Waals surface area contributed by atoms with E-state index in [1.165, 1.54) is 64.6 Å². The third-order valence-electron chi connectivity index (χ3n) is 17.0. The number of carbonyl (C=O) groups excluding carboxylic acids is 3. The largest absolute Gasteiger partial charge is 1.00 e. The molecule has 5 heterocycles. The van der Waals surface area contributed by atoms with Gasteiger partial charge in [-0.25, -0.2) is 19.0 Å². The quantitative estimate of drug-likeness (QED) is 0.0473. The number of aliphatic carboxylic acids is 1. The van der Waals surface area contributed by atoms with Crippen molar-refractivity contribution in [2.24, 2.45) is 0 Å². The van der Waals surface area contributed by atoms with Crippen LogP contribution in [0.4, 0.5) is 0 Å². The van der Waals surface area contributed by atoms with Crippen molar-refractivity contribution in [3.05, 3.63) is 143 Å². The Labute approximate surface area is 538 Å². The van der Waals surface area contributed by atoms with Gasteiger partial charge in [-0.15, -0.1) is 13.2 Å². The molecule has 90 heavy (non-hydrogen) atoms. The number of carbonyl (C=O) groups is 4. The van der Waals surface area contributed by atoms with E-state index in [2.05, 4.69) is 34.1 Å². The monoisotopic (exact) mass is 1270 g/mol. The Morgan fingerprint density at radius 3 is 1.40 bits per heavy atom. The van der Waals surface area contributed by atoms with Gasteiger partial charge in [0.15, 0.2) is 0 Å². The van der Waals surface area contributed by atoms with Gasteiger partial charge in [-0.3, -0.25) is 9.59 Å². The minimum absolute atomic E-state index is 0. The fourth-order valence-corrected chi connectivity index (χ4v) is 14.2. The second kappa shape index (κ2) is 31.1. The second-order valence-corrected chi connectivity index (χ2v) is 26.3. The zero-order valence-electron chi connectivity index (χ0n) is 52.3. The molecule has 4 aromatic carbocycles. The van der Waals surface area contributed by atoms with Crippen LogP contribution in [0, 0.1) is 0 Å². The number of hydrogen-bond acceptors (Lipinski definition) is 14. The molecule has 0 bridgehead atoms. The summed E-state index contributed by atoms with van der Waals surface area (Å²) in [7, 11) is -0.854. The Hall–Kier alpha value is -7.30. The zero-order valence-corrected chi connectivity index (χ0v) is 53.9. The van der Waals surface area contributed by atoms with Crippen LogP contribution in [0.25, 0.3) is 56.5 Å². The zero-order chi connectivity index (χ0) is 62.3. The number of amides is 2. The summed E-state index contributed by atoms with van der Waals surface area (Å²) in [6.07, 6.45) is 20.5. The van der Waals surface area contributed by atoms with Crippen LogP contribution in [0.2, 0.25) is 0 Å². The first-order valence-electron chi connectivity index (χ1n) is 29.5. The molecule has 2 aliphatic carbocycles. The van der Waals surface area contributed by atoms with Gasteiger partial charge < -0.3 is 44.1 Å². The minimum Gasteiger partial charge on any atom is -0.870 e. The molecule has 1 unspecified atom stereocenters. The van der Waals surface area contributed by atoms with Crippen LogP contribution < -0.4 is 37.8 Å². The summed E-state index contributed by atoms with van der Waals surface area (Å²) < 4.78 is 82.1. The summed E-state index contributed by atoms with van der Waals surface area (Å²) in [5.41, 5.74) is 10.2. The summed E-state index contributed by atoms with van der Waals surface area (Å²) in [5.74, 6) is -1.09. The number of fused-ring (bicyclic) bond motifs is 10. The molecule has 3 fully saturated rings. The first-order chi connectivity index (χ1) is 41.7. The number of carboxylic acids is 1. The number of rotatable bonds is 16. The van der Waals surface area contributed by atoms with E-state index in [1.54, 1.807) is 44.6 Å². The van der Waals surface area contributed by atoms with E-state index in [4.69, 9.17) is 18.9 Å². The Morgan fingerprint density at radius 1 is 0.622 bits per heavy atom. The Bertz CT molecular complexity index is 3950. The smallest absolute Gasteiger partial charge is 0.870 e. The van der Waals surface area contributed by atoms with Crippen molar-refractivity contribution in [1.29, 1.82) is 0 Å². The maximum atomic E-state index is 13.2. The molecule has 6 aromatic rings. The first-order valence-corrected chi connectivity index (χ1v) is 32.4. The van der Waals surface area contributed by atoms with Crippen molar-refractivity contribution in [2.45, 2.75) is 115 Å². The standard InChI is InChI=1S/C31H35N3O6S.C30H33N3O6S.C5H10O.Li.2H2O/c1-5-15-33(2)41(37,38)32-30(35)21-11-13-26-27(18-21)34-19-23(31(36)40-4)16-22-17-24(39-3)12-14-25(22)29(34)28(26)20-9-7-6-8-10-20;1-4-14-32(2)40(37,38)31-29(34)20-10-12-25-26(17-20)33-18-22(30(35)36)15-21-16-23(39-3)11-13-24(21)28(33)27(25)19-8-6-5-7-9-19;1-5-3-2-4-6-5;;;/h5,11-14,16-18,20H,1,6-10,15,19H2,2-4H3,(H,32,35);4,10-13,15-17,19H,1,5-9,14,18H2,2-3H3,(H,31,34)(H,35,36);5H,2-4H2,1H3;;2*1H2/q;;;+1;;/p-2. The number of ether oxygens (including phenoxy) is 4. The molecule has 24 heteroatoms. The van der Waals surface area contributed by atoms with Gasteiger partial charge >= 0.3 is 51.2 Å². The van der Waals surface area contributed by atoms with Crippen molar-refractivity contribution < 1.29 is 89.9 Å². The van der Waals surface area contributed by atoms with Crippen LogP contribution in [-0.4, -0.2) is 136 Å². The number of carboxylic acid groups (broad SMARTS) is 1. The van der Waals surface area contributed by atoms with Crippen molar-refractivity contribution in [1.82, 2.24) is 27.2 Å². The second-order valence-electron chi connectivity index (χ2n) is 22.7. The molecule has 0 spiro atoms. The van der Waals surface area contributed by atoms with Crippen molar-refractivity contribution >= 4 is 78.1 Å². The van der Waals surface area contributed by atoms with Gasteiger partial charge in [0, 0.05) is 77.9 Å². The van der Waals surface area contributed by atoms with Gasteiger partial charge in [0.25, 0.3) is 11.8 Å². The van der Waals surface area contributed by atoms with E-state index in [9.17, 15) is 41.1 Å². The first kappa shape index (κ1) is 71.8. The summed E-state index contributed by atoms with van der Waals surface area (Å²) in [4.78, 5) is 51.5. The van der Waals surface area contributed by atoms with Crippen LogP contribution in [0.1, 0.15) is 139 Å². The van der Waals surface area contributed by atoms with Gasteiger partial charge in [-0.1, -0.05) is 62.8 Å². The van der Waals surface area contributed by atoms with E-state index in [0.29, 0.717) is 34.6 Å². The molecular formula is C66H80LiN6O15S2-. The molecule has 5 aliphatic rings. The average molecular weight is 1270 g/mol. The number of likely N-dealkylation sites (N-methyl/N-ethyl adjacent to an activating group) is 2. The van der Waals surface area contributed by atoms with Gasteiger partial charge in [0.1, 0.15) is 11.5 Å². The fraction of sp³-hybridized carbons (Fsp3) is 0.394. The predicted octanol–water partition coefficient (Wildman–Crippen LogP) is 7.80. The van der Waals surface area contributed by atoms with E-state index in [0.717, 1.165) is 122 Å². The van der Waals surface area contributed by atoms with Crippen LogP contribution in [-0.2, 0) is 52.6 Å². The summed E-state index contributed by atoms with van der Waals surface area (Å²) in [6.45, 7) is 10.6. The normalized spacial score (nSPS) is 16.3. The van der Waals surface area contributed by atoms with Gasteiger partial charge in [-0.2, -0.15) is 25.4 Å². The number of nitrogens with one attached hydrogen (secondary N) is 2. The maximum Gasteiger partial charge on any atom is 1.00 e. The average Bonchev–Trinajstić information content (AvgIpc) is 1.61. The fourth-order valence-electron chi connectivity index (χ4n) is 12.6. The molecule has 11 rings (SSSR count). The Morgan fingerprint density at radius 2 is 1.04 bits per heavy atom. The van der Waals surface area contributed by atoms with E-state index in [-0.39, 0.29) is 78.6 Å². The molecule has 0 radical (unpaired) electrons. The molecule has 2 aromatic heterocycles. The van der Waals surface area contributed by atoms with E-state index in [1.807, 2.05) is 59.2 Å². The molecular weight excluding hydrogens is 1190 g/mol. The number of nitrogens with zero attached hydrogens (tertiary/aromatic N) is 4. The number of methoxy groups -OCH3 is 3. The van der Waals surface area contributed by atoms with Gasteiger partial charge in [0.05, 0.1) is 63.1 Å². The number of benzene rings is 4. The summed E-state index contributed by atoms with van der Waals surface area (Å²) in [5, 5.41) is 12.0. The molecule has 3 aliphatic heterocycles. The molecule has 2 amide bonds. The molecule has 2 saturated carbocycles. The number of hydrogen-bond donors (Lipinski definition) is 3. The van der Waals surface area contributed by atoms with Crippen LogP contribution in [0.3, 0.4) is 0 Å². The van der Waals surface area contributed by atoms with E-state index >= 15 is 0 Å². The number of aromatic nitrogens is 2. The SMILES string of the molecule is C=CCN(C)S(=O)(=O)NC(=O)c1ccc2c(C3CCCCC3)c3n(c2c1)CC(C(=O)O)=Cc1cc(OC)ccc1-3.C=CCN(C)S(=O)(=O)NC(=O)c1ccc2c(C3CCCCC3)c3n(c2c1)CC(C(=O)OC)=Cc1cc(OC)ccc1-3.CC1CCCO1.[Li+].[OH-].[OH-]. The molecule has 478 valence electrons. The van der Waals surface area contributed by atoms with Gasteiger partial charge in [-0.05, 0) is 152 Å². The molecule has 21 nitrogen and oxygen atoms in total. The third kappa shape index (κ3) is 15.5. The van der Waals surface area contributed by atoms with Crippen molar-refractivity contribution in [3.63, 3.8) is 0 Å². The third-order valence-corrected chi connectivity index (χ3v) is 19.8. The van der Waals surface area contributed by atoms with Crippen LogP contribution in [0.5, 0.6) is 11.5 Å². The van der Waals surface area contributed by atoms with E-state index < -0.39 is 44.2 Å². The van der Waals surface area contributed by atoms with Crippen molar-refractivity contribution in [2.75, 3.05) is 55.1 Å². The Balaban J connectivity index is 0.000000254. The predicted molar refractivity (Wildman–Crippen MR) is 342 cm³/mol. The number of esters is 1. The molecule has 1 saturated heterocycles. The minimum atomic E-state index is -4.07. The molecule has 5 N–H and O–H groups in total. The summed E-state index contributed by atoms with van der Waals surface area (Å²) in [6, 6.07) is 22.0. The van der Waals surface area contributed by atoms with Crippen molar-refractivity contribution in [3.8, 4) is 34.0 Å². The molecule has 1 atom stereocenters. The Kier molecular flexibility index (Phi) is 24.8. The van der Waals surface area contributed by atoms with Crippen LogP contribution >= 0.6 is 0 Å².